The summed E-state index contributed by atoms with van der Waals surface area (Å²) in [5.41, 5.74) is 9.04. The van der Waals surface area contributed by atoms with E-state index in [0.717, 1.165) is 12.6 Å². The Morgan fingerprint density at radius 1 is 1.10 bits per heavy atom. The number of piperazine rings is 1. The fourth-order valence-electron chi connectivity index (χ4n) is 4.04. The van der Waals surface area contributed by atoms with E-state index in [0.29, 0.717) is 6.04 Å². The highest BCUT2D eigenvalue weighted by Gasteiger charge is 2.33. The number of benzene rings is 1. The molecule has 0 amide bonds. The number of piperidine rings is 1. The van der Waals surface area contributed by atoms with Gasteiger partial charge in [0.2, 0.25) is 0 Å². The van der Waals surface area contributed by atoms with Gasteiger partial charge in [-0.25, -0.2) is 0 Å². The molecule has 3 heteroatoms. The van der Waals surface area contributed by atoms with Crippen LogP contribution in [0.25, 0.3) is 0 Å². The van der Waals surface area contributed by atoms with Crippen LogP contribution in [0, 0.1) is 6.92 Å². The van der Waals surface area contributed by atoms with Crippen LogP contribution < -0.4 is 5.73 Å². The average Bonchev–Trinajstić information content (AvgIpc) is 2.49. The fourth-order valence-corrected chi connectivity index (χ4v) is 4.04. The molecule has 0 radical (unpaired) electrons. The number of fused-ring (bicyclic) bond motifs is 1. The molecule has 3 unspecified atom stereocenters. The van der Waals surface area contributed by atoms with Crippen LogP contribution in [0.5, 0.6) is 0 Å². The second-order valence-electron chi connectivity index (χ2n) is 6.90. The van der Waals surface area contributed by atoms with Crippen LogP contribution in [-0.4, -0.2) is 48.1 Å². The smallest absolute Gasteiger partial charge is 0.0497 e. The molecule has 116 valence electrons. The molecule has 0 aliphatic carbocycles. The zero-order valence-electron chi connectivity index (χ0n) is 13.5. The third-order valence-corrected chi connectivity index (χ3v) is 5.18. The Balaban J connectivity index is 1.76. The third kappa shape index (κ3) is 3.31. The number of hydrogen-bond donors (Lipinski definition) is 1. The van der Waals surface area contributed by atoms with E-state index in [1.54, 1.807) is 0 Å². The Labute approximate surface area is 129 Å². The van der Waals surface area contributed by atoms with Gasteiger partial charge in [0.25, 0.3) is 0 Å². The van der Waals surface area contributed by atoms with Crippen LogP contribution in [-0.2, 0) is 0 Å². The first-order valence-corrected chi connectivity index (χ1v) is 8.45. The summed E-state index contributed by atoms with van der Waals surface area (Å²) < 4.78 is 0. The van der Waals surface area contributed by atoms with E-state index in [4.69, 9.17) is 5.73 Å². The van der Waals surface area contributed by atoms with Crippen molar-refractivity contribution in [3.05, 3.63) is 35.4 Å². The summed E-state index contributed by atoms with van der Waals surface area (Å²) >= 11 is 0. The Bertz CT molecular complexity index is 454. The van der Waals surface area contributed by atoms with E-state index in [9.17, 15) is 0 Å². The van der Waals surface area contributed by atoms with Crippen molar-refractivity contribution in [3.8, 4) is 0 Å². The lowest BCUT2D eigenvalue weighted by molar-refractivity contribution is 0.0220. The molecule has 3 rings (SSSR count). The monoisotopic (exact) mass is 287 g/mol. The molecule has 0 aromatic heterocycles. The van der Waals surface area contributed by atoms with Crippen molar-refractivity contribution in [2.24, 2.45) is 5.73 Å². The van der Waals surface area contributed by atoms with E-state index >= 15 is 0 Å². The second-order valence-corrected chi connectivity index (χ2v) is 6.90. The molecular formula is C18H29N3. The summed E-state index contributed by atoms with van der Waals surface area (Å²) in [6, 6.07) is 10.2. The van der Waals surface area contributed by atoms with Crippen molar-refractivity contribution in [2.45, 2.75) is 51.2 Å². The Morgan fingerprint density at radius 3 is 2.57 bits per heavy atom. The zero-order valence-corrected chi connectivity index (χ0v) is 13.5. The van der Waals surface area contributed by atoms with E-state index in [-0.39, 0.29) is 6.04 Å². The molecule has 3 nitrogen and oxygen atoms in total. The number of nitrogens with zero attached hydrogens (tertiary/aromatic N) is 2. The molecule has 21 heavy (non-hydrogen) atoms. The van der Waals surface area contributed by atoms with E-state index in [2.05, 4.69) is 47.9 Å². The molecule has 3 atom stereocenters. The molecule has 0 bridgehead atoms. The maximum absolute atomic E-state index is 6.35. The van der Waals surface area contributed by atoms with E-state index in [1.807, 2.05) is 0 Å². The van der Waals surface area contributed by atoms with Crippen molar-refractivity contribution < 1.29 is 0 Å². The summed E-state index contributed by atoms with van der Waals surface area (Å²) in [4.78, 5) is 5.31. The molecule has 2 aliphatic heterocycles. The van der Waals surface area contributed by atoms with E-state index in [1.165, 1.54) is 50.0 Å². The lowest BCUT2D eigenvalue weighted by atomic mass is 9.94. The molecule has 0 saturated carbocycles. The van der Waals surface area contributed by atoms with Gasteiger partial charge >= 0.3 is 0 Å². The van der Waals surface area contributed by atoms with Crippen LogP contribution in [0.4, 0.5) is 0 Å². The van der Waals surface area contributed by atoms with Crippen molar-refractivity contribution in [3.63, 3.8) is 0 Å². The highest BCUT2D eigenvalue weighted by Crippen LogP contribution is 2.29. The van der Waals surface area contributed by atoms with Gasteiger partial charge in [-0.1, -0.05) is 36.2 Å². The van der Waals surface area contributed by atoms with Gasteiger partial charge in [0.1, 0.15) is 0 Å². The minimum atomic E-state index is 0.169. The standard InChI is InChI=1S/C18H29N3/c1-14-6-8-16(9-7-14)18(15(2)19)21-12-11-20-10-4-3-5-17(20)13-21/h6-9,15,17-18H,3-5,10-13,19H2,1-2H3. The lowest BCUT2D eigenvalue weighted by Crippen LogP contribution is -2.57. The van der Waals surface area contributed by atoms with Crippen molar-refractivity contribution >= 4 is 0 Å². The summed E-state index contributed by atoms with van der Waals surface area (Å²) in [7, 11) is 0. The minimum Gasteiger partial charge on any atom is -0.326 e. The summed E-state index contributed by atoms with van der Waals surface area (Å²) in [6.07, 6.45) is 4.13. The molecule has 2 heterocycles. The first kappa shape index (κ1) is 15.0. The van der Waals surface area contributed by atoms with Gasteiger partial charge in [0, 0.05) is 37.8 Å². The SMILES string of the molecule is Cc1ccc(C(C(C)N)N2CCN3CCCCC3C2)cc1. The largest absolute Gasteiger partial charge is 0.326 e. The minimum absolute atomic E-state index is 0.169. The predicted molar refractivity (Wildman–Crippen MR) is 88.4 cm³/mol. The van der Waals surface area contributed by atoms with Gasteiger partial charge in [-0.3, -0.25) is 9.80 Å². The van der Waals surface area contributed by atoms with Gasteiger partial charge in [-0.05, 0) is 38.8 Å². The summed E-state index contributed by atoms with van der Waals surface area (Å²) in [5, 5.41) is 0. The van der Waals surface area contributed by atoms with Gasteiger partial charge in [-0.15, -0.1) is 0 Å². The van der Waals surface area contributed by atoms with Gasteiger partial charge in [-0.2, -0.15) is 0 Å². The number of nitrogens with two attached hydrogens (primary N) is 1. The number of aryl methyl sites for hydroxylation is 1. The van der Waals surface area contributed by atoms with Crippen LogP contribution in [0.3, 0.4) is 0 Å². The third-order valence-electron chi connectivity index (χ3n) is 5.18. The molecule has 2 aliphatic rings. The quantitative estimate of drug-likeness (QED) is 0.927. The predicted octanol–water partition coefficient (Wildman–Crippen LogP) is 2.55. The molecule has 2 fully saturated rings. The van der Waals surface area contributed by atoms with Crippen molar-refractivity contribution in [2.75, 3.05) is 26.2 Å². The van der Waals surface area contributed by atoms with E-state index < -0.39 is 0 Å². The van der Waals surface area contributed by atoms with Crippen molar-refractivity contribution in [1.82, 2.24) is 9.80 Å². The van der Waals surface area contributed by atoms with Crippen LogP contribution in [0.2, 0.25) is 0 Å². The molecule has 2 N–H and O–H groups in total. The summed E-state index contributed by atoms with van der Waals surface area (Å²) in [6.45, 7) is 9.13. The summed E-state index contributed by atoms with van der Waals surface area (Å²) in [5.74, 6) is 0. The first-order chi connectivity index (χ1) is 10.1. The molecular weight excluding hydrogens is 258 g/mol. The highest BCUT2D eigenvalue weighted by atomic mass is 15.3. The Hall–Kier alpha value is -0.900. The van der Waals surface area contributed by atoms with Gasteiger partial charge in [0.05, 0.1) is 0 Å². The van der Waals surface area contributed by atoms with Gasteiger partial charge in [0.15, 0.2) is 0 Å². The average molecular weight is 287 g/mol. The number of rotatable bonds is 3. The second kappa shape index (κ2) is 6.47. The van der Waals surface area contributed by atoms with Crippen LogP contribution in [0.1, 0.15) is 43.4 Å². The topological polar surface area (TPSA) is 32.5 Å². The van der Waals surface area contributed by atoms with Crippen molar-refractivity contribution in [1.29, 1.82) is 0 Å². The normalized spacial score (nSPS) is 27.1. The lowest BCUT2D eigenvalue weighted by Gasteiger charge is -2.47. The Morgan fingerprint density at radius 2 is 1.86 bits per heavy atom. The number of hydrogen-bond acceptors (Lipinski definition) is 3. The molecule has 2 saturated heterocycles. The van der Waals surface area contributed by atoms with Crippen LogP contribution in [0.15, 0.2) is 24.3 Å². The Kier molecular flexibility index (Phi) is 4.63. The first-order valence-electron chi connectivity index (χ1n) is 8.45. The zero-order chi connectivity index (χ0) is 14.8. The highest BCUT2D eigenvalue weighted by molar-refractivity contribution is 5.25. The fraction of sp³-hybridized carbons (Fsp3) is 0.667. The van der Waals surface area contributed by atoms with Gasteiger partial charge < -0.3 is 5.73 Å². The molecule has 0 spiro atoms. The molecule has 1 aromatic rings. The van der Waals surface area contributed by atoms with Crippen LogP contribution >= 0.6 is 0 Å². The maximum Gasteiger partial charge on any atom is 0.0497 e. The molecule has 1 aromatic carbocycles. The maximum atomic E-state index is 6.35.